The summed E-state index contributed by atoms with van der Waals surface area (Å²) in [5, 5.41) is 19.9. The van der Waals surface area contributed by atoms with E-state index in [2.05, 4.69) is 85.9 Å². The first-order chi connectivity index (χ1) is 19.4. The van der Waals surface area contributed by atoms with E-state index in [4.69, 9.17) is 0 Å². The molecule has 7 heteroatoms. The smallest absolute Gasteiger partial charge is 0.306 e. The third-order valence-corrected chi connectivity index (χ3v) is 9.26. The Labute approximate surface area is 244 Å². The number of aliphatic carboxylic acids is 1. The van der Waals surface area contributed by atoms with Crippen molar-refractivity contribution < 1.29 is 14.7 Å². The van der Waals surface area contributed by atoms with Gasteiger partial charge >= 0.3 is 5.97 Å². The van der Waals surface area contributed by atoms with Crippen LogP contribution in [0.5, 0.6) is 0 Å². The van der Waals surface area contributed by atoms with Crippen molar-refractivity contribution >= 4 is 11.9 Å². The van der Waals surface area contributed by atoms with E-state index in [0.717, 1.165) is 34.8 Å². The summed E-state index contributed by atoms with van der Waals surface area (Å²) in [6, 6.07) is 8.70. The minimum atomic E-state index is -0.776. The Morgan fingerprint density at radius 1 is 1.10 bits per heavy atom. The maximum absolute atomic E-state index is 13.5. The molecule has 3 aromatic rings. The van der Waals surface area contributed by atoms with Gasteiger partial charge in [-0.15, -0.1) is 0 Å². The van der Waals surface area contributed by atoms with E-state index in [9.17, 15) is 14.7 Å². The van der Waals surface area contributed by atoms with Gasteiger partial charge in [0.25, 0.3) is 5.91 Å². The zero-order valence-electron chi connectivity index (χ0n) is 25.5. The van der Waals surface area contributed by atoms with Gasteiger partial charge < -0.3 is 15.0 Å². The van der Waals surface area contributed by atoms with Crippen LogP contribution in [0.4, 0.5) is 0 Å². The average molecular weight is 559 g/mol. The summed E-state index contributed by atoms with van der Waals surface area (Å²) in [6.07, 6.45) is 9.23. The summed E-state index contributed by atoms with van der Waals surface area (Å²) >= 11 is 0. The van der Waals surface area contributed by atoms with Crippen molar-refractivity contribution in [1.29, 1.82) is 0 Å². The van der Waals surface area contributed by atoms with Crippen LogP contribution in [0.15, 0.2) is 30.5 Å². The lowest BCUT2D eigenvalue weighted by Gasteiger charge is -2.32. The zero-order valence-corrected chi connectivity index (χ0v) is 25.5. The second-order valence-corrected chi connectivity index (χ2v) is 13.7. The third-order valence-electron chi connectivity index (χ3n) is 9.26. The van der Waals surface area contributed by atoms with Crippen molar-refractivity contribution in [1.82, 2.24) is 20.1 Å². The number of carboxylic acid groups (broad SMARTS) is 1. The standard InChI is InChI=1S/C34H46N4O3/c1-20(2)31-28(18-35-37-31)26-13-12-23(16-29(26)34(4,5)6)30-17-27(32(39)36-25-14-24(15-25)33(40)41)21(3)38(30)19-22-10-8-7-9-11-22/h12-13,16-18,20,22,24-25H,7-11,14-15,19H2,1-6H3,(H,35,37)(H,36,39)(H,40,41). The third kappa shape index (κ3) is 6.00. The Bertz CT molecular complexity index is 1410. The minimum absolute atomic E-state index is 0.0787. The van der Waals surface area contributed by atoms with Gasteiger partial charge in [0.2, 0.25) is 0 Å². The number of benzene rings is 1. The molecule has 3 N–H and O–H groups in total. The van der Waals surface area contributed by atoms with Gasteiger partial charge in [-0.25, -0.2) is 0 Å². The number of rotatable bonds is 8. The van der Waals surface area contributed by atoms with E-state index in [1.165, 1.54) is 43.2 Å². The van der Waals surface area contributed by atoms with Crippen molar-refractivity contribution in [3.05, 3.63) is 53.0 Å². The molecular weight excluding hydrogens is 512 g/mol. The molecule has 1 amide bonds. The van der Waals surface area contributed by atoms with Gasteiger partial charge in [-0.05, 0) is 78.7 Å². The SMILES string of the molecule is Cc1c(C(=O)NC2CC(C(=O)O)C2)cc(-c2ccc(-c3cn[nH]c3C(C)C)c(C(C)(C)C)c2)n1CC1CCCCC1. The van der Waals surface area contributed by atoms with Crippen molar-refractivity contribution in [3.8, 4) is 22.4 Å². The quantitative estimate of drug-likeness (QED) is 0.267. The predicted molar refractivity (Wildman–Crippen MR) is 163 cm³/mol. The number of aromatic amines is 1. The summed E-state index contributed by atoms with van der Waals surface area (Å²) in [4.78, 5) is 24.7. The Balaban J connectivity index is 1.55. The van der Waals surface area contributed by atoms with Gasteiger partial charge in [0.05, 0.1) is 17.7 Å². The molecule has 0 spiro atoms. The molecule has 1 aromatic carbocycles. The Hall–Kier alpha value is -3.35. The lowest BCUT2D eigenvalue weighted by molar-refractivity contribution is -0.145. The molecule has 7 nitrogen and oxygen atoms in total. The molecule has 0 bridgehead atoms. The fourth-order valence-corrected chi connectivity index (χ4v) is 6.69. The number of amides is 1. The molecule has 5 rings (SSSR count). The monoisotopic (exact) mass is 558 g/mol. The second-order valence-electron chi connectivity index (χ2n) is 13.7. The van der Waals surface area contributed by atoms with Gasteiger partial charge in [0.15, 0.2) is 0 Å². The molecule has 2 heterocycles. The van der Waals surface area contributed by atoms with Gasteiger partial charge in [-0.2, -0.15) is 5.10 Å². The number of aromatic nitrogens is 3. The molecule has 2 aliphatic carbocycles. The first kappa shape index (κ1) is 29.2. The molecule has 0 radical (unpaired) electrons. The Kier molecular flexibility index (Phi) is 8.18. The maximum Gasteiger partial charge on any atom is 0.306 e. The highest BCUT2D eigenvalue weighted by atomic mass is 16.4. The van der Waals surface area contributed by atoms with Crippen molar-refractivity contribution in [3.63, 3.8) is 0 Å². The van der Waals surface area contributed by atoms with Crippen molar-refractivity contribution in [2.45, 2.75) is 110 Å². The van der Waals surface area contributed by atoms with Crippen LogP contribution in [0.2, 0.25) is 0 Å². The molecule has 2 aromatic heterocycles. The molecule has 0 unspecified atom stereocenters. The summed E-state index contributed by atoms with van der Waals surface area (Å²) in [6.45, 7) is 14.1. The van der Waals surface area contributed by atoms with E-state index in [-0.39, 0.29) is 23.3 Å². The molecule has 0 atom stereocenters. The number of hydrogen-bond acceptors (Lipinski definition) is 3. The Morgan fingerprint density at radius 3 is 2.44 bits per heavy atom. The normalized spacial score (nSPS) is 19.8. The van der Waals surface area contributed by atoms with E-state index >= 15 is 0 Å². The number of hydrogen-bond donors (Lipinski definition) is 3. The number of carbonyl (C=O) groups is 2. The van der Waals surface area contributed by atoms with E-state index in [1.54, 1.807) is 0 Å². The minimum Gasteiger partial charge on any atom is -0.481 e. The van der Waals surface area contributed by atoms with E-state index in [1.807, 2.05) is 6.20 Å². The van der Waals surface area contributed by atoms with Crippen LogP contribution >= 0.6 is 0 Å². The lowest BCUT2D eigenvalue weighted by Crippen LogP contribution is -2.46. The highest BCUT2D eigenvalue weighted by Crippen LogP contribution is 2.40. The molecule has 2 aliphatic rings. The number of carboxylic acids is 1. The summed E-state index contributed by atoms with van der Waals surface area (Å²) in [5.41, 5.74) is 8.48. The number of nitrogens with zero attached hydrogens (tertiary/aromatic N) is 2. The van der Waals surface area contributed by atoms with Crippen LogP contribution < -0.4 is 5.32 Å². The first-order valence-corrected chi connectivity index (χ1v) is 15.4. The first-order valence-electron chi connectivity index (χ1n) is 15.4. The number of nitrogens with one attached hydrogen (secondary N) is 2. The zero-order chi connectivity index (χ0) is 29.5. The predicted octanol–water partition coefficient (Wildman–Crippen LogP) is 7.45. The van der Waals surface area contributed by atoms with Crippen LogP contribution in [0.3, 0.4) is 0 Å². The Morgan fingerprint density at radius 2 is 1.80 bits per heavy atom. The highest BCUT2D eigenvalue weighted by molar-refractivity contribution is 5.97. The molecule has 2 saturated carbocycles. The highest BCUT2D eigenvalue weighted by Gasteiger charge is 2.36. The molecule has 0 saturated heterocycles. The van der Waals surface area contributed by atoms with Gasteiger partial charge in [0.1, 0.15) is 0 Å². The van der Waals surface area contributed by atoms with Crippen molar-refractivity contribution in [2.75, 3.05) is 0 Å². The maximum atomic E-state index is 13.5. The van der Waals surface area contributed by atoms with Crippen LogP contribution in [-0.4, -0.2) is 37.8 Å². The van der Waals surface area contributed by atoms with Crippen LogP contribution in [0.25, 0.3) is 22.4 Å². The molecule has 0 aliphatic heterocycles. The fourth-order valence-electron chi connectivity index (χ4n) is 6.69. The number of H-pyrrole nitrogens is 1. The fraction of sp³-hybridized carbons (Fsp3) is 0.559. The molecule has 220 valence electrons. The van der Waals surface area contributed by atoms with E-state index < -0.39 is 5.97 Å². The molecule has 41 heavy (non-hydrogen) atoms. The van der Waals surface area contributed by atoms with Crippen LogP contribution in [-0.2, 0) is 16.8 Å². The lowest BCUT2D eigenvalue weighted by atomic mass is 9.80. The van der Waals surface area contributed by atoms with Crippen LogP contribution in [0, 0.1) is 18.8 Å². The van der Waals surface area contributed by atoms with Gasteiger partial charge in [-0.3, -0.25) is 14.7 Å². The summed E-state index contributed by atoms with van der Waals surface area (Å²) < 4.78 is 2.37. The summed E-state index contributed by atoms with van der Waals surface area (Å²) in [7, 11) is 0. The largest absolute Gasteiger partial charge is 0.481 e. The number of carbonyl (C=O) groups excluding carboxylic acids is 1. The topological polar surface area (TPSA) is 100 Å². The van der Waals surface area contributed by atoms with Gasteiger partial charge in [-0.1, -0.05) is 66.0 Å². The van der Waals surface area contributed by atoms with E-state index in [0.29, 0.717) is 30.2 Å². The molecular formula is C34H46N4O3. The summed E-state index contributed by atoms with van der Waals surface area (Å²) in [5.74, 6) is -0.297. The van der Waals surface area contributed by atoms with Crippen LogP contribution in [0.1, 0.15) is 113 Å². The average Bonchev–Trinajstić information content (AvgIpc) is 3.51. The second kappa shape index (κ2) is 11.5. The van der Waals surface area contributed by atoms with Gasteiger partial charge in [0, 0.05) is 35.2 Å². The van der Waals surface area contributed by atoms with Crippen molar-refractivity contribution in [2.24, 2.45) is 11.8 Å². The molecule has 2 fully saturated rings.